The third kappa shape index (κ3) is 1.97. The van der Waals surface area contributed by atoms with Gasteiger partial charge in [-0.2, -0.15) is 0 Å². The molecule has 0 fully saturated rings. The minimum atomic E-state index is -0.828. The van der Waals surface area contributed by atoms with Crippen molar-refractivity contribution in [2.45, 2.75) is 13.3 Å². The highest BCUT2D eigenvalue weighted by molar-refractivity contribution is 6.99. The fourth-order valence-corrected chi connectivity index (χ4v) is 6.15. The Labute approximate surface area is 127 Å². The first-order valence-corrected chi connectivity index (χ1v) is 9.04. The molecule has 0 aromatic heterocycles. The van der Waals surface area contributed by atoms with E-state index in [0.717, 1.165) is 6.42 Å². The summed E-state index contributed by atoms with van der Waals surface area (Å²) < 4.78 is 0. The summed E-state index contributed by atoms with van der Waals surface area (Å²) >= 11 is 0. The number of fused-ring (bicyclic) bond motifs is 3. The lowest BCUT2D eigenvalue weighted by molar-refractivity contribution is 1.14. The smallest absolute Gasteiger partial charge is 0.0623 e. The van der Waals surface area contributed by atoms with Gasteiger partial charge in [-0.3, -0.25) is 0 Å². The molecule has 0 saturated carbocycles. The molecule has 0 spiro atoms. The van der Waals surface area contributed by atoms with Crippen LogP contribution in [-0.2, 0) is 6.42 Å². The first-order chi connectivity index (χ1) is 10.4. The SMILES string of the molecule is CCc1ccc([Si]2c3ccccc3-c3ccccc32)cc1. The van der Waals surface area contributed by atoms with Gasteiger partial charge in [0.2, 0.25) is 0 Å². The summed E-state index contributed by atoms with van der Waals surface area (Å²) in [6.45, 7) is 2.21. The predicted octanol–water partition coefficient (Wildman–Crippen LogP) is 2.75. The van der Waals surface area contributed by atoms with Crippen LogP contribution in [-0.4, -0.2) is 8.80 Å². The van der Waals surface area contributed by atoms with Gasteiger partial charge < -0.3 is 0 Å². The van der Waals surface area contributed by atoms with Crippen LogP contribution in [0.25, 0.3) is 11.1 Å². The average Bonchev–Trinajstić information content (AvgIpc) is 2.90. The van der Waals surface area contributed by atoms with Crippen molar-refractivity contribution in [1.29, 1.82) is 0 Å². The van der Waals surface area contributed by atoms with Crippen molar-refractivity contribution in [2.75, 3.05) is 0 Å². The highest BCUT2D eigenvalue weighted by atomic mass is 28.3. The maximum atomic E-state index is 2.34. The van der Waals surface area contributed by atoms with E-state index in [4.69, 9.17) is 0 Å². The lowest BCUT2D eigenvalue weighted by Crippen LogP contribution is -2.48. The normalized spacial score (nSPS) is 13.0. The van der Waals surface area contributed by atoms with Gasteiger partial charge in [0, 0.05) is 0 Å². The second kappa shape index (κ2) is 5.01. The van der Waals surface area contributed by atoms with Gasteiger partial charge in [-0.25, -0.2) is 0 Å². The van der Waals surface area contributed by atoms with E-state index in [1.54, 1.807) is 0 Å². The molecule has 3 aromatic rings. The highest BCUT2D eigenvalue weighted by Crippen LogP contribution is 2.22. The second-order valence-electron chi connectivity index (χ2n) is 5.52. The maximum Gasteiger partial charge on any atom is 0.156 e. The quantitative estimate of drug-likeness (QED) is 0.497. The molecule has 3 aromatic carbocycles. The van der Waals surface area contributed by atoms with Crippen LogP contribution >= 0.6 is 0 Å². The molecule has 21 heavy (non-hydrogen) atoms. The Balaban J connectivity index is 1.91. The Hall–Kier alpha value is -2.12. The van der Waals surface area contributed by atoms with Crippen molar-refractivity contribution >= 4 is 24.4 Å². The van der Waals surface area contributed by atoms with E-state index >= 15 is 0 Å². The number of aryl methyl sites for hydroxylation is 1. The standard InChI is InChI=1S/C20H17Si/c1-2-15-11-13-16(14-12-15)21-19-9-5-3-7-17(19)18-8-4-6-10-20(18)21/h3-14H,2H2,1H3. The van der Waals surface area contributed by atoms with Crippen molar-refractivity contribution in [3.05, 3.63) is 78.4 Å². The summed E-state index contributed by atoms with van der Waals surface area (Å²) in [5.41, 5.74) is 4.28. The van der Waals surface area contributed by atoms with Gasteiger partial charge in [-0.1, -0.05) is 84.9 Å². The Morgan fingerprint density at radius 3 is 1.71 bits per heavy atom. The Morgan fingerprint density at radius 2 is 1.19 bits per heavy atom. The summed E-state index contributed by atoms with van der Waals surface area (Å²) in [5, 5.41) is 4.57. The number of rotatable bonds is 2. The second-order valence-corrected chi connectivity index (χ2v) is 7.92. The van der Waals surface area contributed by atoms with Crippen molar-refractivity contribution in [2.24, 2.45) is 0 Å². The fourth-order valence-electron chi connectivity index (χ4n) is 3.24. The van der Waals surface area contributed by atoms with Gasteiger partial charge >= 0.3 is 0 Å². The molecule has 0 N–H and O–H groups in total. The molecule has 0 aliphatic carbocycles. The first kappa shape index (κ1) is 12.6. The summed E-state index contributed by atoms with van der Waals surface area (Å²) in [6.07, 6.45) is 1.11. The summed E-state index contributed by atoms with van der Waals surface area (Å²) in [4.78, 5) is 0. The number of benzene rings is 3. The molecule has 1 aliphatic heterocycles. The van der Waals surface area contributed by atoms with Gasteiger partial charge in [0.1, 0.15) is 0 Å². The van der Waals surface area contributed by atoms with E-state index in [2.05, 4.69) is 79.7 Å². The topological polar surface area (TPSA) is 0 Å². The van der Waals surface area contributed by atoms with Gasteiger partial charge in [0.15, 0.2) is 8.80 Å². The van der Waals surface area contributed by atoms with Gasteiger partial charge in [0.05, 0.1) is 0 Å². The molecule has 1 heteroatoms. The molecule has 1 aliphatic rings. The molecule has 0 bridgehead atoms. The van der Waals surface area contributed by atoms with Crippen LogP contribution in [0.15, 0.2) is 72.8 Å². The lowest BCUT2D eigenvalue weighted by Gasteiger charge is -2.12. The summed E-state index contributed by atoms with van der Waals surface area (Å²) in [5.74, 6) is 0. The van der Waals surface area contributed by atoms with Crippen molar-refractivity contribution in [3.8, 4) is 11.1 Å². The molecule has 1 radical (unpaired) electrons. The number of hydrogen-bond donors (Lipinski definition) is 0. The molecule has 0 atom stereocenters. The zero-order valence-corrected chi connectivity index (χ0v) is 13.1. The van der Waals surface area contributed by atoms with Crippen LogP contribution in [0.1, 0.15) is 12.5 Å². The zero-order valence-electron chi connectivity index (χ0n) is 12.1. The van der Waals surface area contributed by atoms with E-state index in [1.165, 1.54) is 32.3 Å². The zero-order chi connectivity index (χ0) is 14.2. The van der Waals surface area contributed by atoms with Crippen molar-refractivity contribution < 1.29 is 0 Å². The minimum absolute atomic E-state index is 0.828. The third-order valence-electron chi connectivity index (χ3n) is 4.33. The molecule has 0 saturated heterocycles. The van der Waals surface area contributed by atoms with E-state index < -0.39 is 8.80 Å². The molecular formula is C20H17Si. The number of hydrogen-bond acceptors (Lipinski definition) is 0. The van der Waals surface area contributed by atoms with Gasteiger partial charge in [0.25, 0.3) is 0 Å². The minimum Gasteiger partial charge on any atom is -0.0623 e. The molecule has 4 rings (SSSR count). The van der Waals surface area contributed by atoms with Crippen LogP contribution in [0, 0.1) is 0 Å². The molecular weight excluding hydrogens is 268 g/mol. The van der Waals surface area contributed by atoms with Crippen LogP contribution in [0.3, 0.4) is 0 Å². The van der Waals surface area contributed by atoms with E-state index in [9.17, 15) is 0 Å². The first-order valence-electron chi connectivity index (χ1n) is 7.54. The average molecular weight is 285 g/mol. The van der Waals surface area contributed by atoms with E-state index in [-0.39, 0.29) is 0 Å². The Bertz CT molecular complexity index is 741. The van der Waals surface area contributed by atoms with Crippen molar-refractivity contribution in [3.63, 3.8) is 0 Å². The van der Waals surface area contributed by atoms with Crippen LogP contribution < -0.4 is 15.6 Å². The summed E-state index contributed by atoms with van der Waals surface area (Å²) in [7, 11) is -0.828. The maximum absolute atomic E-state index is 2.34. The molecule has 0 amide bonds. The highest BCUT2D eigenvalue weighted by Gasteiger charge is 2.30. The third-order valence-corrected chi connectivity index (χ3v) is 7.19. The Kier molecular flexibility index (Phi) is 3.01. The Morgan fingerprint density at radius 1 is 0.667 bits per heavy atom. The fraction of sp³-hybridized carbons (Fsp3) is 0.100. The summed E-state index contributed by atoms with van der Waals surface area (Å²) in [6, 6.07) is 27.1. The van der Waals surface area contributed by atoms with Gasteiger partial charge in [-0.15, -0.1) is 0 Å². The van der Waals surface area contributed by atoms with E-state index in [1.807, 2.05) is 0 Å². The van der Waals surface area contributed by atoms with Gasteiger partial charge in [-0.05, 0) is 33.5 Å². The van der Waals surface area contributed by atoms with Crippen LogP contribution in [0.5, 0.6) is 0 Å². The molecule has 1 heterocycles. The van der Waals surface area contributed by atoms with E-state index in [0.29, 0.717) is 0 Å². The van der Waals surface area contributed by atoms with Crippen LogP contribution in [0.4, 0.5) is 0 Å². The molecule has 0 nitrogen and oxygen atoms in total. The van der Waals surface area contributed by atoms with Crippen molar-refractivity contribution in [1.82, 2.24) is 0 Å². The largest absolute Gasteiger partial charge is 0.156 e. The predicted molar refractivity (Wildman–Crippen MR) is 92.4 cm³/mol. The lowest BCUT2D eigenvalue weighted by atomic mass is 10.1. The monoisotopic (exact) mass is 285 g/mol. The molecule has 101 valence electrons. The molecule has 0 unspecified atom stereocenters. The van der Waals surface area contributed by atoms with Crippen LogP contribution in [0.2, 0.25) is 0 Å².